The van der Waals surface area contributed by atoms with Gasteiger partial charge in [0.1, 0.15) is 12.3 Å². The van der Waals surface area contributed by atoms with Gasteiger partial charge in [-0.2, -0.15) is 0 Å². The summed E-state index contributed by atoms with van der Waals surface area (Å²) in [4.78, 5) is 16.2. The summed E-state index contributed by atoms with van der Waals surface area (Å²) in [6.45, 7) is 0.229. The number of halogens is 1. The summed E-state index contributed by atoms with van der Waals surface area (Å²) < 4.78 is 6.63. The van der Waals surface area contributed by atoms with Crippen LogP contribution < -0.4 is 0 Å². The average Bonchev–Trinajstić information content (AvgIpc) is 2.89. The topological polar surface area (TPSA) is 44.1 Å². The van der Waals surface area contributed by atoms with E-state index in [-0.39, 0.29) is 6.61 Å². The molecule has 2 aromatic heterocycles. The first-order valence-corrected chi connectivity index (χ1v) is 6.45. The SMILES string of the molecule is O=C(OCc1ccccc1)n1ccc2cc(Cl)cnc21. The van der Waals surface area contributed by atoms with Gasteiger partial charge >= 0.3 is 6.09 Å². The van der Waals surface area contributed by atoms with Crippen LogP contribution in [-0.2, 0) is 11.3 Å². The predicted octanol–water partition coefficient (Wildman–Crippen LogP) is 3.87. The highest BCUT2D eigenvalue weighted by Gasteiger charge is 2.11. The number of aromatic nitrogens is 2. The fraction of sp³-hybridized carbons (Fsp3) is 0.0667. The zero-order chi connectivity index (χ0) is 13.9. The number of benzene rings is 1. The van der Waals surface area contributed by atoms with E-state index in [4.69, 9.17) is 16.3 Å². The lowest BCUT2D eigenvalue weighted by Gasteiger charge is -2.06. The van der Waals surface area contributed by atoms with Crippen molar-refractivity contribution >= 4 is 28.7 Å². The molecule has 1 aromatic carbocycles. The molecule has 100 valence electrons. The molecule has 3 rings (SSSR count). The van der Waals surface area contributed by atoms with Crippen molar-refractivity contribution in [1.82, 2.24) is 9.55 Å². The van der Waals surface area contributed by atoms with Gasteiger partial charge in [-0.05, 0) is 17.7 Å². The van der Waals surface area contributed by atoms with Crippen molar-refractivity contribution in [2.75, 3.05) is 0 Å². The third kappa shape index (κ3) is 2.51. The van der Waals surface area contributed by atoms with Crippen molar-refractivity contribution < 1.29 is 9.53 Å². The Bertz CT molecular complexity index is 753. The van der Waals surface area contributed by atoms with Gasteiger partial charge in [0, 0.05) is 17.8 Å². The molecule has 0 saturated carbocycles. The number of hydrogen-bond acceptors (Lipinski definition) is 3. The quantitative estimate of drug-likeness (QED) is 0.718. The molecule has 0 N–H and O–H groups in total. The van der Waals surface area contributed by atoms with E-state index in [0.717, 1.165) is 10.9 Å². The van der Waals surface area contributed by atoms with Gasteiger partial charge in [-0.1, -0.05) is 41.9 Å². The Labute approximate surface area is 120 Å². The molecule has 0 saturated heterocycles. The van der Waals surface area contributed by atoms with E-state index in [0.29, 0.717) is 10.7 Å². The molecule has 0 bridgehead atoms. The highest BCUT2D eigenvalue weighted by atomic mass is 35.5. The molecular weight excluding hydrogens is 276 g/mol. The molecule has 0 aliphatic rings. The Morgan fingerprint density at radius 2 is 2.05 bits per heavy atom. The number of carbonyl (C=O) groups is 1. The Morgan fingerprint density at radius 3 is 2.85 bits per heavy atom. The maximum Gasteiger partial charge on any atom is 0.420 e. The first kappa shape index (κ1) is 12.7. The molecule has 2 heterocycles. The van der Waals surface area contributed by atoms with Crippen molar-refractivity contribution in [3.05, 3.63) is 65.4 Å². The van der Waals surface area contributed by atoms with Gasteiger partial charge in [0.2, 0.25) is 0 Å². The zero-order valence-corrected chi connectivity index (χ0v) is 11.2. The van der Waals surface area contributed by atoms with Crippen LogP contribution >= 0.6 is 11.6 Å². The molecule has 0 atom stereocenters. The fourth-order valence-corrected chi connectivity index (χ4v) is 2.10. The van der Waals surface area contributed by atoms with Gasteiger partial charge in [-0.25, -0.2) is 14.3 Å². The molecule has 0 radical (unpaired) electrons. The van der Waals surface area contributed by atoms with Crippen LogP contribution in [0.1, 0.15) is 5.56 Å². The lowest BCUT2D eigenvalue weighted by Crippen LogP contribution is -2.12. The number of fused-ring (bicyclic) bond motifs is 1. The predicted molar refractivity (Wildman–Crippen MR) is 76.8 cm³/mol. The first-order chi connectivity index (χ1) is 9.74. The van der Waals surface area contributed by atoms with E-state index in [2.05, 4.69) is 4.98 Å². The van der Waals surface area contributed by atoms with Crippen molar-refractivity contribution in [2.24, 2.45) is 0 Å². The Morgan fingerprint density at radius 1 is 1.25 bits per heavy atom. The minimum Gasteiger partial charge on any atom is -0.444 e. The van der Waals surface area contributed by atoms with E-state index in [1.165, 1.54) is 10.8 Å². The second kappa shape index (κ2) is 5.35. The molecule has 3 aromatic rings. The molecule has 4 nitrogen and oxygen atoms in total. The van der Waals surface area contributed by atoms with Crippen LogP contribution in [0.2, 0.25) is 5.02 Å². The Hall–Kier alpha value is -2.33. The molecule has 5 heteroatoms. The van der Waals surface area contributed by atoms with E-state index in [9.17, 15) is 4.79 Å². The molecule has 0 amide bonds. The highest BCUT2D eigenvalue weighted by Crippen LogP contribution is 2.18. The number of rotatable bonds is 2. The van der Waals surface area contributed by atoms with Crippen molar-refractivity contribution in [3.8, 4) is 0 Å². The molecule has 0 aliphatic heterocycles. The molecule has 0 spiro atoms. The number of pyridine rings is 1. The van der Waals surface area contributed by atoms with Crippen LogP contribution in [0.25, 0.3) is 11.0 Å². The number of nitrogens with zero attached hydrogens (tertiary/aromatic N) is 2. The van der Waals surface area contributed by atoms with Crippen LogP contribution in [0.5, 0.6) is 0 Å². The van der Waals surface area contributed by atoms with Crippen molar-refractivity contribution in [1.29, 1.82) is 0 Å². The third-order valence-corrected chi connectivity index (χ3v) is 3.10. The average molecular weight is 287 g/mol. The van der Waals surface area contributed by atoms with E-state index in [1.807, 2.05) is 30.3 Å². The minimum absolute atomic E-state index is 0.229. The molecular formula is C15H11ClN2O2. The monoisotopic (exact) mass is 286 g/mol. The Kier molecular flexibility index (Phi) is 3.39. The zero-order valence-electron chi connectivity index (χ0n) is 10.5. The van der Waals surface area contributed by atoms with Crippen molar-refractivity contribution in [3.63, 3.8) is 0 Å². The van der Waals surface area contributed by atoms with Crippen LogP contribution in [0.3, 0.4) is 0 Å². The fourth-order valence-electron chi connectivity index (χ4n) is 1.93. The smallest absolute Gasteiger partial charge is 0.420 e. The summed E-state index contributed by atoms with van der Waals surface area (Å²) in [5, 5.41) is 1.34. The summed E-state index contributed by atoms with van der Waals surface area (Å²) in [5.41, 5.74) is 1.47. The first-order valence-electron chi connectivity index (χ1n) is 6.08. The third-order valence-electron chi connectivity index (χ3n) is 2.89. The summed E-state index contributed by atoms with van der Waals surface area (Å²) in [7, 11) is 0. The van der Waals surface area contributed by atoms with Gasteiger partial charge in [0.25, 0.3) is 0 Å². The van der Waals surface area contributed by atoms with Crippen molar-refractivity contribution in [2.45, 2.75) is 6.61 Å². The summed E-state index contributed by atoms with van der Waals surface area (Å²) in [5.74, 6) is 0. The van der Waals surface area contributed by atoms with Crippen LogP contribution in [0.4, 0.5) is 4.79 Å². The normalized spacial score (nSPS) is 10.7. The second-order valence-electron chi connectivity index (χ2n) is 4.29. The van der Waals surface area contributed by atoms with E-state index in [1.54, 1.807) is 18.3 Å². The van der Waals surface area contributed by atoms with Gasteiger partial charge in [-0.3, -0.25) is 0 Å². The molecule has 0 aliphatic carbocycles. The number of hydrogen-bond donors (Lipinski definition) is 0. The lowest BCUT2D eigenvalue weighted by molar-refractivity contribution is 0.142. The second-order valence-corrected chi connectivity index (χ2v) is 4.73. The standard InChI is InChI=1S/C15H11ClN2O2/c16-13-8-12-6-7-18(14(12)17-9-13)15(19)20-10-11-4-2-1-3-5-11/h1-9H,10H2. The largest absolute Gasteiger partial charge is 0.444 e. The maximum absolute atomic E-state index is 12.0. The molecule has 0 unspecified atom stereocenters. The van der Waals surface area contributed by atoms with E-state index < -0.39 is 6.09 Å². The van der Waals surface area contributed by atoms with Crippen LogP contribution in [0.15, 0.2) is 54.9 Å². The number of carbonyl (C=O) groups excluding carboxylic acids is 1. The van der Waals surface area contributed by atoms with Crippen LogP contribution in [-0.4, -0.2) is 15.6 Å². The highest BCUT2D eigenvalue weighted by molar-refractivity contribution is 6.31. The maximum atomic E-state index is 12.0. The molecule has 0 fully saturated rings. The summed E-state index contributed by atoms with van der Waals surface area (Å²) in [6.07, 6.45) is 2.67. The van der Waals surface area contributed by atoms with Crippen LogP contribution in [0, 0.1) is 0 Å². The summed E-state index contributed by atoms with van der Waals surface area (Å²) >= 11 is 5.86. The minimum atomic E-state index is -0.460. The Balaban J connectivity index is 1.79. The van der Waals surface area contributed by atoms with E-state index >= 15 is 0 Å². The summed E-state index contributed by atoms with van der Waals surface area (Å²) in [6, 6.07) is 13.1. The molecule has 20 heavy (non-hydrogen) atoms. The lowest BCUT2D eigenvalue weighted by atomic mass is 10.2. The van der Waals surface area contributed by atoms with Gasteiger partial charge in [0.15, 0.2) is 0 Å². The number of ether oxygens (including phenoxy) is 1. The van der Waals surface area contributed by atoms with Gasteiger partial charge < -0.3 is 4.74 Å². The van der Waals surface area contributed by atoms with Gasteiger partial charge in [0.05, 0.1) is 5.02 Å². The van der Waals surface area contributed by atoms with Gasteiger partial charge in [-0.15, -0.1) is 0 Å².